The summed E-state index contributed by atoms with van der Waals surface area (Å²) < 4.78 is 26.1. The molecule has 1 aliphatic rings. The average molecular weight is 360 g/mol. The number of sulfonamides is 1. The lowest BCUT2D eigenvalue weighted by atomic mass is 9.84. The summed E-state index contributed by atoms with van der Waals surface area (Å²) >= 11 is 3.46. The summed E-state index contributed by atoms with van der Waals surface area (Å²) in [5.41, 5.74) is 0.0632. The maximum absolute atomic E-state index is 12.5. The first-order valence-electron chi connectivity index (χ1n) is 6.64. The molecule has 1 heterocycles. The van der Waals surface area contributed by atoms with Gasteiger partial charge >= 0.3 is 0 Å². The van der Waals surface area contributed by atoms with Crippen LogP contribution in [0.3, 0.4) is 0 Å². The molecule has 0 unspecified atom stereocenters. The highest BCUT2D eigenvalue weighted by Crippen LogP contribution is 2.36. The van der Waals surface area contributed by atoms with E-state index in [0.29, 0.717) is 5.33 Å². The Bertz CT molecular complexity index is 615. The van der Waals surface area contributed by atoms with Gasteiger partial charge in [-0.05, 0) is 30.4 Å². The normalized spacial score (nSPS) is 17.4. The zero-order valence-electron chi connectivity index (χ0n) is 11.6. The Morgan fingerprint density at radius 3 is 2.30 bits per heavy atom. The fourth-order valence-electron chi connectivity index (χ4n) is 2.40. The Balaban J connectivity index is 2.44. The summed E-state index contributed by atoms with van der Waals surface area (Å²) in [6.45, 7) is 4.26. The van der Waals surface area contributed by atoms with Crippen LogP contribution in [0.2, 0.25) is 0 Å². The van der Waals surface area contributed by atoms with Crippen molar-refractivity contribution in [1.29, 1.82) is 0 Å². The van der Waals surface area contributed by atoms with E-state index in [9.17, 15) is 13.2 Å². The quantitative estimate of drug-likeness (QED) is 0.759. The van der Waals surface area contributed by atoms with Crippen LogP contribution in [-0.2, 0) is 10.0 Å². The average Bonchev–Trinajstić information content (AvgIpc) is 2.66. The molecule has 0 atom stereocenters. The predicted molar refractivity (Wildman–Crippen MR) is 81.5 cm³/mol. The van der Waals surface area contributed by atoms with Gasteiger partial charge in [-0.2, -0.15) is 0 Å². The molecule has 0 radical (unpaired) electrons. The molecule has 1 aliphatic heterocycles. The highest BCUT2D eigenvalue weighted by atomic mass is 79.9. The van der Waals surface area contributed by atoms with Crippen molar-refractivity contribution < 1.29 is 13.2 Å². The second-order valence-corrected chi connectivity index (χ2v) is 7.55. The molecular formula is C14H18BrNO3S. The van der Waals surface area contributed by atoms with E-state index in [0.717, 1.165) is 17.1 Å². The number of hydrogen-bond donors (Lipinski definition) is 0. The number of rotatable bonds is 5. The molecule has 6 heteroatoms. The number of hydrogen-bond acceptors (Lipinski definition) is 3. The van der Waals surface area contributed by atoms with E-state index < -0.39 is 15.9 Å². The molecule has 0 aliphatic carbocycles. The van der Waals surface area contributed by atoms with Crippen LogP contribution in [0.4, 0.5) is 0 Å². The molecule has 1 aromatic rings. The number of amides is 1. The third-order valence-corrected chi connectivity index (χ3v) is 7.15. The van der Waals surface area contributed by atoms with Crippen molar-refractivity contribution >= 4 is 31.9 Å². The van der Waals surface area contributed by atoms with Crippen LogP contribution in [0, 0.1) is 5.41 Å². The molecule has 0 saturated heterocycles. The smallest absolute Gasteiger partial charge is 0.268 e. The molecule has 0 bridgehead atoms. The summed E-state index contributed by atoms with van der Waals surface area (Å²) in [4.78, 5) is 12.5. The zero-order chi connectivity index (χ0) is 15.0. The van der Waals surface area contributed by atoms with Gasteiger partial charge in [0.25, 0.3) is 15.9 Å². The van der Waals surface area contributed by atoms with Crippen molar-refractivity contribution in [3.05, 3.63) is 29.8 Å². The van der Waals surface area contributed by atoms with Crippen LogP contribution < -0.4 is 0 Å². The monoisotopic (exact) mass is 359 g/mol. The number of benzene rings is 1. The van der Waals surface area contributed by atoms with Crippen molar-refractivity contribution in [2.45, 2.75) is 31.6 Å². The van der Waals surface area contributed by atoms with Crippen molar-refractivity contribution in [3.8, 4) is 0 Å². The number of halogens is 1. The van der Waals surface area contributed by atoms with Crippen molar-refractivity contribution in [3.63, 3.8) is 0 Å². The zero-order valence-corrected chi connectivity index (χ0v) is 14.0. The Labute approximate surface area is 128 Å². The van der Waals surface area contributed by atoms with Gasteiger partial charge in [0.2, 0.25) is 0 Å². The molecule has 20 heavy (non-hydrogen) atoms. The molecule has 0 N–H and O–H groups in total. The van der Waals surface area contributed by atoms with Crippen LogP contribution in [0.1, 0.15) is 37.0 Å². The van der Waals surface area contributed by atoms with Gasteiger partial charge in [-0.3, -0.25) is 4.79 Å². The van der Waals surface area contributed by atoms with E-state index in [1.54, 1.807) is 18.2 Å². The lowest BCUT2D eigenvalue weighted by Crippen LogP contribution is -2.41. The van der Waals surface area contributed by atoms with E-state index in [2.05, 4.69) is 15.9 Å². The minimum Gasteiger partial charge on any atom is -0.268 e. The number of carbonyl (C=O) groups is 1. The minimum atomic E-state index is -3.70. The molecule has 110 valence electrons. The molecule has 1 amide bonds. The summed E-state index contributed by atoms with van der Waals surface area (Å²) in [5.74, 6) is -0.409. The van der Waals surface area contributed by atoms with Crippen molar-refractivity contribution in [2.75, 3.05) is 11.9 Å². The van der Waals surface area contributed by atoms with E-state index in [-0.39, 0.29) is 22.4 Å². The Morgan fingerprint density at radius 2 is 1.80 bits per heavy atom. The topological polar surface area (TPSA) is 54.5 Å². The van der Waals surface area contributed by atoms with E-state index in [1.807, 2.05) is 13.8 Å². The largest absolute Gasteiger partial charge is 0.269 e. The van der Waals surface area contributed by atoms with E-state index in [1.165, 1.54) is 6.07 Å². The summed E-state index contributed by atoms with van der Waals surface area (Å²) in [6, 6.07) is 6.40. The second kappa shape index (κ2) is 5.48. The van der Waals surface area contributed by atoms with Gasteiger partial charge in [-0.15, -0.1) is 0 Å². The fourth-order valence-corrected chi connectivity index (χ4v) is 5.05. The summed E-state index contributed by atoms with van der Waals surface area (Å²) in [5, 5.41) is 0.669. The molecule has 4 nitrogen and oxygen atoms in total. The number of fused-ring (bicyclic) bond motifs is 1. The van der Waals surface area contributed by atoms with Gasteiger partial charge in [0.15, 0.2) is 0 Å². The molecule has 1 aromatic carbocycles. The molecule has 0 aromatic heterocycles. The van der Waals surface area contributed by atoms with Crippen molar-refractivity contribution in [1.82, 2.24) is 4.31 Å². The SMILES string of the molecule is CCC(CC)(CBr)CN1C(=O)c2ccccc2S1(=O)=O. The predicted octanol–water partition coefficient (Wildman–Crippen LogP) is 3.03. The van der Waals surface area contributed by atoms with E-state index in [4.69, 9.17) is 0 Å². The molecule has 0 fully saturated rings. The molecule has 0 saturated carbocycles. The highest BCUT2D eigenvalue weighted by molar-refractivity contribution is 9.09. The first-order chi connectivity index (χ1) is 9.41. The van der Waals surface area contributed by atoms with Gasteiger partial charge in [0, 0.05) is 11.9 Å². The van der Waals surface area contributed by atoms with Crippen LogP contribution >= 0.6 is 15.9 Å². The second-order valence-electron chi connectivity index (χ2n) is 5.15. The molecule has 2 rings (SSSR count). The summed E-state index contributed by atoms with van der Waals surface area (Å²) in [6.07, 6.45) is 1.62. The van der Waals surface area contributed by atoms with E-state index >= 15 is 0 Å². The molecular weight excluding hydrogens is 342 g/mol. The summed E-state index contributed by atoms with van der Waals surface area (Å²) in [7, 11) is -3.70. The van der Waals surface area contributed by atoms with Gasteiger partial charge < -0.3 is 0 Å². The maximum Gasteiger partial charge on any atom is 0.269 e. The highest BCUT2D eigenvalue weighted by Gasteiger charge is 2.44. The Hall–Kier alpha value is -0.880. The van der Waals surface area contributed by atoms with Crippen molar-refractivity contribution in [2.24, 2.45) is 5.41 Å². The first kappa shape index (κ1) is 15.5. The van der Waals surface area contributed by atoms with Crippen LogP contribution in [0.5, 0.6) is 0 Å². The molecule has 0 spiro atoms. The fraction of sp³-hybridized carbons (Fsp3) is 0.500. The Morgan fingerprint density at radius 1 is 1.20 bits per heavy atom. The van der Waals surface area contributed by atoms with Gasteiger partial charge in [0.05, 0.1) is 5.56 Å². The third-order valence-electron chi connectivity index (χ3n) is 4.17. The van der Waals surface area contributed by atoms with Gasteiger partial charge in [0.1, 0.15) is 4.90 Å². The van der Waals surface area contributed by atoms with Crippen LogP contribution in [-0.4, -0.2) is 30.5 Å². The first-order valence-corrected chi connectivity index (χ1v) is 9.20. The lowest BCUT2D eigenvalue weighted by Gasteiger charge is -2.33. The number of nitrogens with zero attached hydrogens (tertiary/aromatic N) is 1. The number of alkyl halides is 1. The third kappa shape index (κ3) is 2.29. The minimum absolute atomic E-state index is 0.126. The van der Waals surface area contributed by atoms with Gasteiger partial charge in [-0.1, -0.05) is 41.9 Å². The van der Waals surface area contributed by atoms with Crippen LogP contribution in [0.25, 0.3) is 0 Å². The van der Waals surface area contributed by atoms with Gasteiger partial charge in [-0.25, -0.2) is 12.7 Å². The van der Waals surface area contributed by atoms with Crippen LogP contribution in [0.15, 0.2) is 29.2 Å². The number of carbonyl (C=O) groups excluding carboxylic acids is 1. The lowest BCUT2D eigenvalue weighted by molar-refractivity contribution is 0.0824. The Kier molecular flexibility index (Phi) is 4.25. The standard InChI is InChI=1S/C14H18BrNO3S/c1-3-14(4-2,9-15)10-16-13(17)11-7-5-6-8-12(11)20(16,18)19/h5-8H,3-4,9-10H2,1-2H3. The maximum atomic E-state index is 12.5.